The average molecular weight is 127 g/mol. The first kappa shape index (κ1) is 5.74. The molecule has 0 saturated carbocycles. The highest BCUT2D eigenvalue weighted by Crippen LogP contribution is 1.90. The molecule has 1 rings (SSSR count). The van der Waals surface area contributed by atoms with Crippen LogP contribution in [0.15, 0.2) is 10.3 Å². The molecule has 5 heteroatoms. The summed E-state index contributed by atoms with van der Waals surface area (Å²) in [4.78, 5) is 10.5. The van der Waals surface area contributed by atoms with Crippen LogP contribution in [0.3, 0.4) is 0 Å². The fraction of sp³-hybridized carbons (Fsp3) is 0.250. The van der Waals surface area contributed by atoms with Gasteiger partial charge >= 0.3 is 0 Å². The molecule has 1 heterocycles. The van der Waals surface area contributed by atoms with Crippen LogP contribution >= 0.6 is 0 Å². The summed E-state index contributed by atoms with van der Waals surface area (Å²) in [7, 11) is 0. The van der Waals surface area contributed by atoms with E-state index in [1.54, 1.807) is 6.92 Å². The van der Waals surface area contributed by atoms with Crippen molar-refractivity contribution in [3.63, 3.8) is 0 Å². The van der Waals surface area contributed by atoms with E-state index >= 15 is 0 Å². The van der Waals surface area contributed by atoms with Crippen LogP contribution in [0.5, 0.6) is 0 Å². The van der Waals surface area contributed by atoms with Crippen LogP contribution in [0.4, 0.5) is 0 Å². The Hall–Kier alpha value is -1.39. The Morgan fingerprint density at radius 2 is 2.44 bits per heavy atom. The van der Waals surface area contributed by atoms with Crippen molar-refractivity contribution >= 4 is 17.3 Å². The van der Waals surface area contributed by atoms with Crippen LogP contribution < -0.4 is 5.43 Å². The van der Waals surface area contributed by atoms with E-state index in [9.17, 15) is 4.79 Å². The van der Waals surface area contributed by atoms with Gasteiger partial charge in [-0.25, -0.2) is 5.43 Å². The zero-order valence-corrected chi connectivity index (χ0v) is 4.75. The Morgan fingerprint density at radius 1 is 1.78 bits per heavy atom. The summed E-state index contributed by atoms with van der Waals surface area (Å²) < 4.78 is 0. The molecule has 0 bridgehead atoms. The number of hydrazone groups is 1. The molecule has 0 atom stereocenters. The van der Waals surface area contributed by atoms with Crippen molar-refractivity contribution in [1.82, 2.24) is 5.43 Å². The molecule has 0 aliphatic carbocycles. The van der Waals surface area contributed by atoms with E-state index in [1.165, 1.54) is 0 Å². The first-order chi connectivity index (χ1) is 4.25. The molecule has 5 nitrogen and oxygen atoms in total. The maximum atomic E-state index is 10.5. The standard InChI is InChI=1S/C4H5N3O2/c1-2-3(7-9)4(8)6-5-2/h9H,1H3,(H,6,7,8). The molecule has 0 radical (unpaired) electrons. The number of amides is 1. The second kappa shape index (κ2) is 1.85. The van der Waals surface area contributed by atoms with Gasteiger partial charge in [-0.2, -0.15) is 5.10 Å². The number of nitrogens with one attached hydrogen (secondary N) is 1. The van der Waals surface area contributed by atoms with Gasteiger partial charge in [0.25, 0.3) is 5.91 Å². The van der Waals surface area contributed by atoms with Crippen LogP contribution in [-0.4, -0.2) is 22.5 Å². The molecule has 1 aliphatic heterocycles. The van der Waals surface area contributed by atoms with Crippen molar-refractivity contribution in [2.75, 3.05) is 0 Å². The van der Waals surface area contributed by atoms with Crippen molar-refractivity contribution < 1.29 is 10.0 Å². The van der Waals surface area contributed by atoms with Crippen molar-refractivity contribution in [3.05, 3.63) is 0 Å². The van der Waals surface area contributed by atoms with Crippen LogP contribution in [-0.2, 0) is 4.79 Å². The summed E-state index contributed by atoms with van der Waals surface area (Å²) in [5, 5.41) is 14.4. The summed E-state index contributed by atoms with van der Waals surface area (Å²) in [6.07, 6.45) is 0. The first-order valence-corrected chi connectivity index (χ1v) is 2.32. The summed E-state index contributed by atoms with van der Waals surface area (Å²) in [5.74, 6) is -0.463. The number of rotatable bonds is 0. The molecule has 0 aromatic carbocycles. The molecule has 0 spiro atoms. The lowest BCUT2D eigenvalue weighted by atomic mass is 10.3. The van der Waals surface area contributed by atoms with Crippen molar-refractivity contribution in [3.8, 4) is 0 Å². The Kier molecular flexibility index (Phi) is 1.18. The number of hydrogen-bond donors (Lipinski definition) is 2. The Morgan fingerprint density at radius 3 is 2.67 bits per heavy atom. The molecular weight excluding hydrogens is 122 g/mol. The third-order valence-corrected chi connectivity index (χ3v) is 0.983. The maximum Gasteiger partial charge on any atom is 0.295 e. The van der Waals surface area contributed by atoms with E-state index in [0.717, 1.165) is 0 Å². The van der Waals surface area contributed by atoms with Crippen molar-refractivity contribution in [1.29, 1.82) is 0 Å². The Labute approximate surface area is 51.0 Å². The smallest absolute Gasteiger partial charge is 0.295 e. The lowest BCUT2D eigenvalue weighted by Crippen LogP contribution is -2.21. The van der Waals surface area contributed by atoms with E-state index in [-0.39, 0.29) is 5.71 Å². The highest BCUT2D eigenvalue weighted by molar-refractivity contribution is 6.68. The summed E-state index contributed by atoms with van der Waals surface area (Å²) in [6, 6.07) is 0. The van der Waals surface area contributed by atoms with E-state index in [1.807, 2.05) is 0 Å². The summed E-state index contributed by atoms with van der Waals surface area (Å²) in [5.41, 5.74) is 2.52. The first-order valence-electron chi connectivity index (χ1n) is 2.32. The van der Waals surface area contributed by atoms with Gasteiger partial charge < -0.3 is 5.21 Å². The quantitative estimate of drug-likeness (QED) is 0.334. The van der Waals surface area contributed by atoms with Gasteiger partial charge in [-0.3, -0.25) is 4.79 Å². The molecular formula is C4H5N3O2. The maximum absolute atomic E-state index is 10.5. The number of carbonyl (C=O) groups is 1. The molecule has 0 saturated heterocycles. The highest BCUT2D eigenvalue weighted by atomic mass is 16.4. The molecule has 0 fully saturated rings. The van der Waals surface area contributed by atoms with Gasteiger partial charge in [-0.1, -0.05) is 5.16 Å². The molecule has 0 aromatic heterocycles. The van der Waals surface area contributed by atoms with Gasteiger partial charge in [-0.15, -0.1) is 0 Å². The molecule has 9 heavy (non-hydrogen) atoms. The van der Waals surface area contributed by atoms with Gasteiger partial charge in [0.1, 0.15) is 0 Å². The van der Waals surface area contributed by atoms with Crippen LogP contribution in [0.2, 0.25) is 0 Å². The normalized spacial score (nSPS) is 22.1. The van der Waals surface area contributed by atoms with E-state index in [4.69, 9.17) is 5.21 Å². The third kappa shape index (κ3) is 0.758. The average Bonchev–Trinajstić information content (AvgIpc) is 2.12. The molecule has 0 unspecified atom stereocenters. The van der Waals surface area contributed by atoms with E-state index < -0.39 is 5.91 Å². The van der Waals surface area contributed by atoms with Gasteiger partial charge in [-0.05, 0) is 6.92 Å². The number of nitrogens with zero attached hydrogens (tertiary/aromatic N) is 2. The monoisotopic (exact) mass is 127 g/mol. The van der Waals surface area contributed by atoms with Crippen LogP contribution in [0.25, 0.3) is 0 Å². The molecule has 1 amide bonds. The molecule has 48 valence electrons. The van der Waals surface area contributed by atoms with Crippen LogP contribution in [0, 0.1) is 0 Å². The number of hydrogen-bond acceptors (Lipinski definition) is 4. The SMILES string of the molecule is CC1=NNC(=O)C1=NO. The van der Waals surface area contributed by atoms with Gasteiger partial charge in [0.05, 0.1) is 5.71 Å². The van der Waals surface area contributed by atoms with E-state index in [2.05, 4.69) is 15.7 Å². The molecule has 2 N–H and O–H groups in total. The van der Waals surface area contributed by atoms with Crippen molar-refractivity contribution in [2.24, 2.45) is 10.3 Å². The second-order valence-corrected chi connectivity index (χ2v) is 1.59. The van der Waals surface area contributed by atoms with Crippen LogP contribution in [0.1, 0.15) is 6.92 Å². The van der Waals surface area contributed by atoms with Gasteiger partial charge in [0, 0.05) is 0 Å². The lowest BCUT2D eigenvalue weighted by Gasteiger charge is -1.84. The fourth-order valence-electron chi connectivity index (χ4n) is 0.523. The lowest BCUT2D eigenvalue weighted by molar-refractivity contribution is -0.114. The largest absolute Gasteiger partial charge is 0.410 e. The predicted molar refractivity (Wildman–Crippen MR) is 30.5 cm³/mol. The topological polar surface area (TPSA) is 74.0 Å². The number of oxime groups is 1. The van der Waals surface area contributed by atoms with Crippen molar-refractivity contribution in [2.45, 2.75) is 6.92 Å². The fourth-order valence-corrected chi connectivity index (χ4v) is 0.523. The minimum Gasteiger partial charge on any atom is -0.410 e. The highest BCUT2D eigenvalue weighted by Gasteiger charge is 2.20. The minimum atomic E-state index is -0.463. The zero-order valence-electron chi connectivity index (χ0n) is 4.75. The Balaban J connectivity index is 2.93. The minimum absolute atomic E-state index is 0.0185. The molecule has 1 aliphatic rings. The van der Waals surface area contributed by atoms with Gasteiger partial charge in [0.2, 0.25) is 0 Å². The molecule has 0 aromatic rings. The predicted octanol–water partition coefficient (Wildman–Crippen LogP) is -0.678. The van der Waals surface area contributed by atoms with Gasteiger partial charge in [0.15, 0.2) is 5.71 Å². The number of carbonyl (C=O) groups excluding carboxylic acids is 1. The van der Waals surface area contributed by atoms with E-state index in [0.29, 0.717) is 5.71 Å². The Bertz CT molecular complexity index is 206. The second-order valence-electron chi connectivity index (χ2n) is 1.59. The third-order valence-electron chi connectivity index (χ3n) is 0.983. The zero-order chi connectivity index (χ0) is 6.85. The summed E-state index contributed by atoms with van der Waals surface area (Å²) >= 11 is 0. The summed E-state index contributed by atoms with van der Waals surface area (Å²) in [6.45, 7) is 1.58.